The van der Waals surface area contributed by atoms with Crippen LogP contribution >= 0.6 is 15.9 Å². The number of methoxy groups -OCH3 is 1. The molecule has 1 aromatic heterocycles. The zero-order valence-corrected chi connectivity index (χ0v) is 13.8. The summed E-state index contributed by atoms with van der Waals surface area (Å²) < 4.78 is 6.13. The Labute approximate surface area is 133 Å². The lowest BCUT2D eigenvalue weighted by atomic mass is 9.95. The number of halogens is 1. The van der Waals surface area contributed by atoms with Gasteiger partial charge in [0.15, 0.2) is 0 Å². The number of ether oxygens (including phenoxy) is 1. The number of hydrogen-bond donors (Lipinski definition) is 1. The second kappa shape index (κ2) is 5.73. The summed E-state index contributed by atoms with van der Waals surface area (Å²) in [6.07, 6.45) is 2.18. The highest BCUT2D eigenvalue weighted by Crippen LogP contribution is 2.52. The maximum absolute atomic E-state index is 5.25. The fourth-order valence-corrected chi connectivity index (χ4v) is 3.12. The number of nitrogens with zero attached hydrogens (tertiary/aromatic N) is 2. The molecular weight excluding hydrogens is 330 g/mol. The molecule has 0 aliphatic heterocycles. The summed E-state index contributed by atoms with van der Waals surface area (Å²) in [6.45, 7) is 0.468. The average molecular weight is 348 g/mol. The Hall–Kier alpha value is -1.46. The standard InChI is InChI=1S/C16H18BrN3O/c1-18-14-13(17)12(10-21-2)19-15(20-14)16(8-9-16)11-6-4-3-5-7-11/h3-7H,8-10H2,1-2H3,(H,18,19,20). The van der Waals surface area contributed by atoms with Gasteiger partial charge in [-0.15, -0.1) is 0 Å². The molecule has 0 unspecified atom stereocenters. The summed E-state index contributed by atoms with van der Waals surface area (Å²) in [6, 6.07) is 10.5. The maximum atomic E-state index is 5.25. The molecule has 0 spiro atoms. The number of anilines is 1. The SMILES string of the molecule is CNc1nc(C2(c3ccccc3)CC2)nc(COC)c1Br. The third-order valence-electron chi connectivity index (χ3n) is 3.94. The minimum absolute atomic E-state index is 0.0317. The second-order valence-corrected chi connectivity index (χ2v) is 6.08. The van der Waals surface area contributed by atoms with E-state index < -0.39 is 0 Å². The van der Waals surface area contributed by atoms with Gasteiger partial charge in [-0.25, -0.2) is 9.97 Å². The quantitative estimate of drug-likeness (QED) is 0.898. The van der Waals surface area contributed by atoms with Crippen molar-refractivity contribution in [1.82, 2.24) is 9.97 Å². The van der Waals surface area contributed by atoms with E-state index in [1.54, 1.807) is 7.11 Å². The molecule has 1 fully saturated rings. The fourth-order valence-electron chi connectivity index (χ4n) is 2.63. The molecule has 0 radical (unpaired) electrons. The normalized spacial score (nSPS) is 15.8. The van der Waals surface area contributed by atoms with Crippen molar-refractivity contribution in [3.05, 3.63) is 51.9 Å². The van der Waals surface area contributed by atoms with Gasteiger partial charge in [-0.3, -0.25) is 0 Å². The molecule has 0 bridgehead atoms. The van der Waals surface area contributed by atoms with E-state index in [0.29, 0.717) is 6.61 Å². The molecule has 0 atom stereocenters. The number of rotatable bonds is 5. The van der Waals surface area contributed by atoms with Crippen LogP contribution in [0.15, 0.2) is 34.8 Å². The first kappa shape index (κ1) is 14.5. The number of benzene rings is 1. The molecule has 1 aliphatic rings. The van der Waals surface area contributed by atoms with Gasteiger partial charge in [-0.2, -0.15) is 0 Å². The lowest BCUT2D eigenvalue weighted by Gasteiger charge is -2.18. The fraction of sp³-hybridized carbons (Fsp3) is 0.375. The molecule has 1 aromatic carbocycles. The van der Waals surface area contributed by atoms with Crippen molar-refractivity contribution in [2.75, 3.05) is 19.5 Å². The van der Waals surface area contributed by atoms with E-state index in [4.69, 9.17) is 14.7 Å². The van der Waals surface area contributed by atoms with Crippen LogP contribution in [0.4, 0.5) is 5.82 Å². The molecule has 1 N–H and O–H groups in total. The Balaban J connectivity index is 2.08. The van der Waals surface area contributed by atoms with Gasteiger partial charge < -0.3 is 10.1 Å². The van der Waals surface area contributed by atoms with Crippen molar-refractivity contribution in [2.24, 2.45) is 0 Å². The van der Waals surface area contributed by atoms with E-state index in [1.807, 2.05) is 13.1 Å². The third kappa shape index (κ3) is 2.56. The smallest absolute Gasteiger partial charge is 0.144 e. The minimum atomic E-state index is -0.0317. The van der Waals surface area contributed by atoms with Crippen LogP contribution < -0.4 is 5.32 Å². The predicted octanol–water partition coefficient (Wildman–Crippen LogP) is 3.51. The van der Waals surface area contributed by atoms with Gasteiger partial charge in [0.2, 0.25) is 0 Å². The molecule has 5 heteroatoms. The van der Waals surface area contributed by atoms with E-state index >= 15 is 0 Å². The van der Waals surface area contributed by atoms with E-state index in [1.165, 1.54) is 5.56 Å². The maximum Gasteiger partial charge on any atom is 0.144 e. The zero-order chi connectivity index (χ0) is 14.9. The van der Waals surface area contributed by atoms with Crippen LogP contribution in [-0.4, -0.2) is 24.1 Å². The van der Waals surface area contributed by atoms with Gasteiger partial charge >= 0.3 is 0 Å². The zero-order valence-electron chi connectivity index (χ0n) is 12.2. The lowest BCUT2D eigenvalue weighted by Crippen LogP contribution is -2.16. The van der Waals surface area contributed by atoms with Crippen LogP contribution in [-0.2, 0) is 16.8 Å². The van der Waals surface area contributed by atoms with Gasteiger partial charge in [0.05, 0.1) is 22.2 Å². The van der Waals surface area contributed by atoms with Gasteiger partial charge in [0.25, 0.3) is 0 Å². The molecule has 2 aromatic rings. The number of hydrogen-bond acceptors (Lipinski definition) is 4. The van der Waals surface area contributed by atoms with Crippen molar-refractivity contribution < 1.29 is 4.74 Å². The Morgan fingerprint density at radius 3 is 2.52 bits per heavy atom. The molecular formula is C16H18BrN3O. The molecule has 1 aliphatic carbocycles. The summed E-state index contributed by atoms with van der Waals surface area (Å²) in [7, 11) is 3.55. The van der Waals surface area contributed by atoms with Gasteiger partial charge in [-0.1, -0.05) is 30.3 Å². The van der Waals surface area contributed by atoms with Crippen molar-refractivity contribution in [2.45, 2.75) is 24.9 Å². The Morgan fingerprint density at radius 2 is 1.95 bits per heavy atom. The van der Waals surface area contributed by atoms with Crippen molar-refractivity contribution in [3.8, 4) is 0 Å². The second-order valence-electron chi connectivity index (χ2n) is 5.29. The first-order valence-electron chi connectivity index (χ1n) is 7.00. The van der Waals surface area contributed by atoms with Gasteiger partial charge in [0.1, 0.15) is 11.6 Å². The molecule has 1 heterocycles. The number of aromatic nitrogens is 2. The summed E-state index contributed by atoms with van der Waals surface area (Å²) in [5, 5.41) is 3.13. The average Bonchev–Trinajstić information content (AvgIpc) is 3.32. The minimum Gasteiger partial charge on any atom is -0.378 e. The highest BCUT2D eigenvalue weighted by Gasteiger charge is 2.49. The first-order valence-corrected chi connectivity index (χ1v) is 7.79. The van der Waals surface area contributed by atoms with E-state index in [-0.39, 0.29) is 5.41 Å². The summed E-state index contributed by atoms with van der Waals surface area (Å²) in [5.41, 5.74) is 2.14. The summed E-state index contributed by atoms with van der Waals surface area (Å²) in [5.74, 6) is 1.70. The molecule has 0 amide bonds. The van der Waals surface area contributed by atoms with Crippen LogP contribution in [0.2, 0.25) is 0 Å². The summed E-state index contributed by atoms with van der Waals surface area (Å²) in [4.78, 5) is 9.48. The van der Waals surface area contributed by atoms with Crippen LogP contribution in [0.25, 0.3) is 0 Å². The molecule has 4 nitrogen and oxygen atoms in total. The van der Waals surface area contributed by atoms with Crippen LogP contribution in [0.3, 0.4) is 0 Å². The van der Waals surface area contributed by atoms with Gasteiger partial charge in [0, 0.05) is 14.2 Å². The highest BCUT2D eigenvalue weighted by molar-refractivity contribution is 9.10. The Morgan fingerprint density at radius 1 is 1.24 bits per heavy atom. The van der Waals surface area contributed by atoms with E-state index in [0.717, 1.165) is 34.7 Å². The first-order chi connectivity index (χ1) is 10.2. The molecule has 110 valence electrons. The van der Waals surface area contributed by atoms with Crippen molar-refractivity contribution >= 4 is 21.7 Å². The van der Waals surface area contributed by atoms with Crippen molar-refractivity contribution in [1.29, 1.82) is 0 Å². The Bertz CT molecular complexity index is 641. The van der Waals surface area contributed by atoms with Crippen molar-refractivity contribution in [3.63, 3.8) is 0 Å². The van der Waals surface area contributed by atoms with Crippen LogP contribution in [0.1, 0.15) is 29.9 Å². The Kier molecular flexibility index (Phi) is 3.95. The number of nitrogens with one attached hydrogen (secondary N) is 1. The predicted molar refractivity (Wildman–Crippen MR) is 86.4 cm³/mol. The monoisotopic (exact) mass is 347 g/mol. The third-order valence-corrected chi connectivity index (χ3v) is 4.78. The van der Waals surface area contributed by atoms with Crippen LogP contribution in [0.5, 0.6) is 0 Å². The largest absolute Gasteiger partial charge is 0.378 e. The highest BCUT2D eigenvalue weighted by atomic mass is 79.9. The van der Waals surface area contributed by atoms with Crippen LogP contribution in [0, 0.1) is 0 Å². The topological polar surface area (TPSA) is 47.0 Å². The summed E-state index contributed by atoms with van der Waals surface area (Å²) >= 11 is 3.55. The molecule has 0 saturated heterocycles. The molecule has 3 rings (SSSR count). The van der Waals surface area contributed by atoms with E-state index in [9.17, 15) is 0 Å². The van der Waals surface area contributed by atoms with E-state index in [2.05, 4.69) is 45.5 Å². The molecule has 1 saturated carbocycles. The lowest BCUT2D eigenvalue weighted by molar-refractivity contribution is 0.180. The van der Waals surface area contributed by atoms with Gasteiger partial charge in [-0.05, 0) is 34.3 Å². The molecule has 21 heavy (non-hydrogen) atoms.